The van der Waals surface area contributed by atoms with Crippen molar-refractivity contribution in [3.63, 3.8) is 0 Å². The van der Waals surface area contributed by atoms with Crippen LogP contribution in [0.4, 0.5) is 0 Å². The van der Waals surface area contributed by atoms with Gasteiger partial charge in [0.1, 0.15) is 0 Å². The molecule has 0 spiro atoms. The molecule has 0 fully saturated rings. The molecule has 0 saturated heterocycles. The molecule has 0 bridgehead atoms. The van der Waals surface area contributed by atoms with Crippen molar-refractivity contribution in [2.45, 2.75) is 6.42 Å². The Morgan fingerprint density at radius 3 is 3.12 bits per heavy atom. The van der Waals surface area contributed by atoms with E-state index in [0.717, 1.165) is 0 Å². The lowest BCUT2D eigenvalue weighted by Crippen LogP contribution is -2.06. The maximum Gasteiger partial charge on any atom is 0.258 e. The zero-order valence-corrected chi connectivity index (χ0v) is 8.32. The monoisotopic (exact) mass is 209 g/mol. The lowest BCUT2D eigenvalue weighted by molar-refractivity contribution is 1.17. The molecule has 0 aliphatic carbocycles. The van der Waals surface area contributed by atoms with Crippen molar-refractivity contribution in [3.05, 3.63) is 40.4 Å². The van der Waals surface area contributed by atoms with Gasteiger partial charge in [-0.05, 0) is 18.2 Å². The van der Waals surface area contributed by atoms with Crippen molar-refractivity contribution in [1.29, 1.82) is 5.26 Å². The van der Waals surface area contributed by atoms with Gasteiger partial charge >= 0.3 is 0 Å². The third-order valence-electron chi connectivity index (χ3n) is 2.04. The molecule has 0 amide bonds. The molecule has 0 saturated carbocycles. The van der Waals surface area contributed by atoms with Crippen LogP contribution >= 0.6 is 0 Å². The first-order valence-corrected chi connectivity index (χ1v) is 4.64. The number of nitrogens with zero attached hydrogens (tertiary/aromatic N) is 2. The molecule has 1 N–H and O–H groups in total. The maximum absolute atomic E-state index is 11.5. The van der Waals surface area contributed by atoms with E-state index in [0.29, 0.717) is 16.5 Å². The number of nitrogens with one attached hydrogen (secondary N) is 1. The van der Waals surface area contributed by atoms with Crippen LogP contribution in [0.15, 0.2) is 29.3 Å². The topological polar surface area (TPSA) is 69.5 Å². The van der Waals surface area contributed by atoms with Crippen molar-refractivity contribution in [2.75, 3.05) is 0 Å². The number of H-pyrrole nitrogens is 1. The Labute approximate surface area is 91.6 Å². The molecule has 0 atom stereocenters. The zero-order valence-electron chi connectivity index (χ0n) is 8.32. The molecule has 1 aromatic heterocycles. The molecule has 0 unspecified atom stereocenters. The van der Waals surface area contributed by atoms with E-state index in [-0.39, 0.29) is 12.0 Å². The predicted octanol–water partition coefficient (Wildman–Crippen LogP) is 1.19. The largest absolute Gasteiger partial charge is 0.313 e. The van der Waals surface area contributed by atoms with E-state index in [9.17, 15) is 4.79 Å². The summed E-state index contributed by atoms with van der Waals surface area (Å²) in [6, 6.07) is 7.12. The molecule has 0 radical (unpaired) electrons. The minimum Gasteiger partial charge on any atom is -0.313 e. The SMILES string of the molecule is N#CCC#Cc1ccc2nc[nH]c(=O)c2c1. The molecular formula is C12H7N3O. The molecule has 1 heterocycles. The summed E-state index contributed by atoms with van der Waals surface area (Å²) in [5, 5.41) is 8.85. The number of rotatable bonds is 0. The van der Waals surface area contributed by atoms with E-state index >= 15 is 0 Å². The third kappa shape index (κ3) is 1.92. The van der Waals surface area contributed by atoms with Gasteiger partial charge in [-0.1, -0.05) is 11.8 Å². The van der Waals surface area contributed by atoms with E-state index in [1.165, 1.54) is 6.33 Å². The predicted molar refractivity (Wildman–Crippen MR) is 59.5 cm³/mol. The molecule has 2 aromatic rings. The van der Waals surface area contributed by atoms with Crippen molar-refractivity contribution in [2.24, 2.45) is 0 Å². The van der Waals surface area contributed by atoms with E-state index in [1.807, 2.05) is 6.07 Å². The van der Waals surface area contributed by atoms with Crippen LogP contribution < -0.4 is 5.56 Å². The first-order chi connectivity index (χ1) is 7.81. The van der Waals surface area contributed by atoms with Gasteiger partial charge < -0.3 is 4.98 Å². The number of hydrogen-bond acceptors (Lipinski definition) is 3. The summed E-state index contributed by atoms with van der Waals surface area (Å²) in [4.78, 5) is 18.0. The Kier molecular flexibility index (Phi) is 2.67. The second kappa shape index (κ2) is 4.29. The fourth-order valence-electron chi connectivity index (χ4n) is 1.33. The first-order valence-electron chi connectivity index (χ1n) is 4.64. The van der Waals surface area contributed by atoms with Crippen molar-refractivity contribution in [3.8, 4) is 17.9 Å². The van der Waals surface area contributed by atoms with Crippen LogP contribution in [0.3, 0.4) is 0 Å². The average molecular weight is 209 g/mol. The van der Waals surface area contributed by atoms with Crippen molar-refractivity contribution in [1.82, 2.24) is 9.97 Å². The van der Waals surface area contributed by atoms with Crippen LogP contribution in [0.25, 0.3) is 10.9 Å². The van der Waals surface area contributed by atoms with Gasteiger partial charge in [-0.2, -0.15) is 5.26 Å². The van der Waals surface area contributed by atoms with Gasteiger partial charge in [0.25, 0.3) is 5.56 Å². The molecule has 0 aliphatic heterocycles. The van der Waals surface area contributed by atoms with Gasteiger partial charge in [-0.25, -0.2) is 4.98 Å². The highest BCUT2D eigenvalue weighted by Crippen LogP contribution is 2.08. The summed E-state index contributed by atoms with van der Waals surface area (Å²) >= 11 is 0. The number of aromatic nitrogens is 2. The quantitative estimate of drug-likeness (QED) is 0.662. The Hall–Kier alpha value is -2.59. The molecule has 2 rings (SSSR count). The highest BCUT2D eigenvalue weighted by Gasteiger charge is 1.98. The van der Waals surface area contributed by atoms with Crippen LogP contribution in [0.5, 0.6) is 0 Å². The second-order valence-electron chi connectivity index (χ2n) is 3.10. The lowest BCUT2D eigenvalue weighted by Gasteiger charge is -1.95. The van der Waals surface area contributed by atoms with Crippen LogP contribution in [-0.4, -0.2) is 9.97 Å². The van der Waals surface area contributed by atoms with Crippen LogP contribution in [0.2, 0.25) is 0 Å². The Morgan fingerprint density at radius 1 is 1.44 bits per heavy atom. The van der Waals surface area contributed by atoms with Gasteiger partial charge in [0.05, 0.1) is 29.7 Å². The highest BCUT2D eigenvalue weighted by atomic mass is 16.1. The number of fused-ring (bicyclic) bond motifs is 1. The van der Waals surface area contributed by atoms with Crippen LogP contribution in [0.1, 0.15) is 12.0 Å². The van der Waals surface area contributed by atoms with Crippen molar-refractivity contribution < 1.29 is 0 Å². The minimum atomic E-state index is -0.186. The third-order valence-corrected chi connectivity index (χ3v) is 2.04. The van der Waals surface area contributed by atoms with Gasteiger partial charge in [-0.15, -0.1) is 0 Å². The standard InChI is InChI=1S/C12H7N3O/c13-6-2-1-3-9-4-5-11-10(7-9)12(16)15-8-14-11/h4-5,7-8H,2H2,(H,14,15,16). The van der Waals surface area contributed by atoms with Gasteiger partial charge in [0.2, 0.25) is 0 Å². The van der Waals surface area contributed by atoms with Gasteiger partial charge in [-0.3, -0.25) is 4.79 Å². The summed E-state index contributed by atoms with van der Waals surface area (Å²) < 4.78 is 0. The average Bonchev–Trinajstić information content (AvgIpc) is 2.30. The number of hydrogen-bond donors (Lipinski definition) is 1. The molecule has 0 aliphatic rings. The van der Waals surface area contributed by atoms with E-state index in [1.54, 1.807) is 18.2 Å². The summed E-state index contributed by atoms with van der Waals surface area (Å²) in [6.45, 7) is 0. The van der Waals surface area contributed by atoms with Gasteiger partial charge in [0, 0.05) is 5.56 Å². The highest BCUT2D eigenvalue weighted by molar-refractivity contribution is 5.78. The molecule has 1 aromatic carbocycles. The zero-order chi connectivity index (χ0) is 11.4. The lowest BCUT2D eigenvalue weighted by atomic mass is 10.1. The number of nitriles is 1. The van der Waals surface area contributed by atoms with E-state index in [2.05, 4.69) is 21.8 Å². The summed E-state index contributed by atoms with van der Waals surface area (Å²) in [5.74, 6) is 5.50. The second-order valence-corrected chi connectivity index (χ2v) is 3.10. The van der Waals surface area contributed by atoms with E-state index < -0.39 is 0 Å². The van der Waals surface area contributed by atoms with Crippen LogP contribution in [-0.2, 0) is 0 Å². The Balaban J connectivity index is 2.54. The van der Waals surface area contributed by atoms with Crippen LogP contribution in [0, 0.1) is 23.2 Å². The number of benzene rings is 1. The first kappa shape index (κ1) is 9.95. The smallest absolute Gasteiger partial charge is 0.258 e. The summed E-state index contributed by atoms with van der Waals surface area (Å²) in [6.07, 6.45) is 1.55. The fraction of sp³-hybridized carbons (Fsp3) is 0.0833. The van der Waals surface area contributed by atoms with Crippen molar-refractivity contribution >= 4 is 10.9 Å². The molecule has 76 valence electrons. The molecule has 4 heteroatoms. The summed E-state index contributed by atoms with van der Waals surface area (Å²) in [5.41, 5.74) is 1.16. The Bertz CT molecular complexity index is 683. The number of aromatic amines is 1. The fourth-order valence-corrected chi connectivity index (χ4v) is 1.33. The van der Waals surface area contributed by atoms with Gasteiger partial charge in [0.15, 0.2) is 0 Å². The maximum atomic E-state index is 11.5. The summed E-state index contributed by atoms with van der Waals surface area (Å²) in [7, 11) is 0. The minimum absolute atomic E-state index is 0.182. The molecular weight excluding hydrogens is 202 g/mol. The van der Waals surface area contributed by atoms with E-state index in [4.69, 9.17) is 5.26 Å². The Morgan fingerprint density at radius 2 is 2.31 bits per heavy atom. The molecule has 16 heavy (non-hydrogen) atoms. The normalized spacial score (nSPS) is 9.19. The molecule has 4 nitrogen and oxygen atoms in total.